The van der Waals surface area contributed by atoms with Gasteiger partial charge in [-0.25, -0.2) is 4.98 Å². The zero-order valence-electron chi connectivity index (χ0n) is 14.3. The number of nitriles is 1. The molecule has 9 nitrogen and oxygen atoms in total. The summed E-state index contributed by atoms with van der Waals surface area (Å²) < 4.78 is 10.7. The summed E-state index contributed by atoms with van der Waals surface area (Å²) in [4.78, 5) is 23.9. The largest absolute Gasteiger partial charge is 0.396 e. The predicted molar refractivity (Wildman–Crippen MR) is 97.6 cm³/mol. The summed E-state index contributed by atoms with van der Waals surface area (Å²) in [7, 11) is 0. The lowest BCUT2D eigenvalue weighted by Crippen LogP contribution is -2.40. The van der Waals surface area contributed by atoms with Crippen molar-refractivity contribution in [1.82, 2.24) is 9.97 Å². The fourth-order valence-electron chi connectivity index (χ4n) is 3.42. The number of nitrogens with two attached hydrogens (primary N) is 1. The standard InChI is InChI=1S/C17H20N6O3/c18-10-11-9-12-13(19)14(22-1-5-25-6-2-22)17(24)21-15(12)20-16(11)23-3-7-26-8-4-23/h9H,1-8H2,(H3,19,20,21,24). The van der Waals surface area contributed by atoms with Gasteiger partial charge >= 0.3 is 0 Å². The monoisotopic (exact) mass is 356 g/mol. The Hall–Kier alpha value is -2.83. The summed E-state index contributed by atoms with van der Waals surface area (Å²) in [5, 5.41) is 10.2. The fraction of sp³-hybridized carbons (Fsp3) is 0.471. The van der Waals surface area contributed by atoms with E-state index in [0.29, 0.717) is 86.4 Å². The molecule has 2 fully saturated rings. The second-order valence-corrected chi connectivity index (χ2v) is 6.28. The second kappa shape index (κ2) is 6.82. The minimum Gasteiger partial charge on any atom is -0.396 e. The molecule has 0 unspecified atom stereocenters. The van der Waals surface area contributed by atoms with E-state index >= 15 is 0 Å². The molecular weight excluding hydrogens is 336 g/mol. The summed E-state index contributed by atoms with van der Waals surface area (Å²) >= 11 is 0. The summed E-state index contributed by atoms with van der Waals surface area (Å²) in [5.41, 5.74) is 7.64. The number of morpholine rings is 2. The molecule has 0 radical (unpaired) electrons. The highest BCUT2D eigenvalue weighted by atomic mass is 16.5. The molecule has 2 aliphatic heterocycles. The topological polar surface area (TPSA) is 120 Å². The molecular formula is C17H20N6O3. The van der Waals surface area contributed by atoms with Gasteiger partial charge in [-0.1, -0.05) is 0 Å². The molecule has 2 aromatic heterocycles. The van der Waals surface area contributed by atoms with Crippen LogP contribution < -0.4 is 21.1 Å². The van der Waals surface area contributed by atoms with Crippen LogP contribution in [0.2, 0.25) is 0 Å². The van der Waals surface area contributed by atoms with E-state index in [1.54, 1.807) is 6.07 Å². The number of ether oxygens (including phenoxy) is 2. The number of nitrogen functional groups attached to an aromatic ring is 1. The van der Waals surface area contributed by atoms with Crippen molar-refractivity contribution in [3.8, 4) is 6.07 Å². The molecule has 0 spiro atoms. The Balaban J connectivity index is 1.85. The van der Waals surface area contributed by atoms with Crippen LogP contribution >= 0.6 is 0 Å². The van der Waals surface area contributed by atoms with Crippen LogP contribution in [-0.2, 0) is 9.47 Å². The van der Waals surface area contributed by atoms with Gasteiger partial charge in [-0.2, -0.15) is 5.26 Å². The van der Waals surface area contributed by atoms with Gasteiger partial charge in [0.25, 0.3) is 5.56 Å². The number of aromatic nitrogens is 2. The first kappa shape index (κ1) is 16.6. The maximum absolute atomic E-state index is 12.6. The van der Waals surface area contributed by atoms with Gasteiger partial charge in [0.05, 0.1) is 37.7 Å². The smallest absolute Gasteiger partial charge is 0.275 e. The van der Waals surface area contributed by atoms with Crippen LogP contribution in [-0.4, -0.2) is 62.6 Å². The summed E-state index contributed by atoms with van der Waals surface area (Å²) in [5.74, 6) is 0.553. The van der Waals surface area contributed by atoms with Crippen molar-refractivity contribution in [3.05, 3.63) is 22.0 Å². The predicted octanol–water partition coefficient (Wildman–Crippen LogP) is 0.0502. The van der Waals surface area contributed by atoms with Gasteiger partial charge in [-0.3, -0.25) is 4.79 Å². The van der Waals surface area contributed by atoms with Crippen molar-refractivity contribution in [2.24, 2.45) is 0 Å². The zero-order chi connectivity index (χ0) is 18.1. The second-order valence-electron chi connectivity index (χ2n) is 6.28. The Bertz CT molecular complexity index is 923. The Morgan fingerprint density at radius 3 is 2.35 bits per heavy atom. The third-order valence-corrected chi connectivity index (χ3v) is 4.75. The SMILES string of the molecule is N#Cc1cc2c(N)c(N3CCOCC3)c(=O)[nH]c2nc1N1CCOCC1. The third kappa shape index (κ3) is 2.83. The van der Waals surface area contributed by atoms with Crippen LogP contribution in [0.15, 0.2) is 10.9 Å². The minimum atomic E-state index is -0.276. The normalized spacial score (nSPS) is 18.1. The number of pyridine rings is 2. The van der Waals surface area contributed by atoms with Crippen molar-refractivity contribution in [3.63, 3.8) is 0 Å². The van der Waals surface area contributed by atoms with Gasteiger partial charge in [-0.15, -0.1) is 0 Å². The Morgan fingerprint density at radius 2 is 1.73 bits per heavy atom. The van der Waals surface area contributed by atoms with Gasteiger partial charge in [-0.05, 0) is 6.07 Å². The van der Waals surface area contributed by atoms with Crippen LogP contribution in [0, 0.1) is 11.3 Å². The van der Waals surface area contributed by atoms with Crippen LogP contribution in [0.5, 0.6) is 0 Å². The van der Waals surface area contributed by atoms with Crippen molar-refractivity contribution < 1.29 is 9.47 Å². The lowest BCUT2D eigenvalue weighted by Gasteiger charge is -2.30. The number of nitrogens with one attached hydrogen (secondary N) is 1. The maximum atomic E-state index is 12.6. The number of hydrogen-bond donors (Lipinski definition) is 2. The number of hydrogen-bond acceptors (Lipinski definition) is 8. The number of anilines is 3. The van der Waals surface area contributed by atoms with Crippen LogP contribution in [0.25, 0.3) is 11.0 Å². The molecule has 0 atom stereocenters. The van der Waals surface area contributed by atoms with Crippen LogP contribution in [0.1, 0.15) is 5.56 Å². The lowest BCUT2D eigenvalue weighted by molar-refractivity contribution is 0.122. The molecule has 0 bridgehead atoms. The first-order valence-electron chi connectivity index (χ1n) is 8.61. The molecule has 2 saturated heterocycles. The highest BCUT2D eigenvalue weighted by molar-refractivity contribution is 5.96. The summed E-state index contributed by atoms with van der Waals surface area (Å²) in [6.45, 7) is 4.77. The first-order chi connectivity index (χ1) is 12.7. The van der Waals surface area contributed by atoms with Crippen molar-refractivity contribution >= 4 is 28.2 Å². The molecule has 0 aromatic carbocycles. The number of aromatic amines is 1. The number of rotatable bonds is 2. The number of nitrogens with zero attached hydrogens (tertiary/aromatic N) is 4. The highest BCUT2D eigenvalue weighted by Crippen LogP contribution is 2.30. The third-order valence-electron chi connectivity index (χ3n) is 4.75. The van der Waals surface area contributed by atoms with E-state index < -0.39 is 0 Å². The van der Waals surface area contributed by atoms with Gasteiger partial charge < -0.3 is 30.0 Å². The zero-order valence-corrected chi connectivity index (χ0v) is 14.3. The molecule has 2 aromatic rings. The quantitative estimate of drug-likeness (QED) is 0.774. The molecule has 0 aliphatic carbocycles. The van der Waals surface area contributed by atoms with Gasteiger partial charge in [0.2, 0.25) is 0 Å². The summed E-state index contributed by atoms with van der Waals surface area (Å²) in [6, 6.07) is 3.91. The molecule has 136 valence electrons. The summed E-state index contributed by atoms with van der Waals surface area (Å²) in [6.07, 6.45) is 0. The van der Waals surface area contributed by atoms with E-state index in [1.165, 1.54) is 0 Å². The van der Waals surface area contributed by atoms with Gasteiger partial charge in [0, 0.05) is 31.6 Å². The van der Waals surface area contributed by atoms with E-state index in [0.717, 1.165) is 0 Å². The molecule has 0 amide bonds. The molecule has 4 heterocycles. The van der Waals surface area contributed by atoms with E-state index in [9.17, 15) is 10.1 Å². The Kier molecular flexibility index (Phi) is 4.36. The molecule has 0 saturated carbocycles. The Labute approximate surface area is 149 Å². The first-order valence-corrected chi connectivity index (χ1v) is 8.61. The van der Waals surface area contributed by atoms with Crippen molar-refractivity contribution in [2.45, 2.75) is 0 Å². The Morgan fingerprint density at radius 1 is 1.12 bits per heavy atom. The van der Waals surface area contributed by atoms with Gasteiger partial charge in [0.15, 0.2) is 0 Å². The van der Waals surface area contributed by atoms with Gasteiger partial charge in [0.1, 0.15) is 23.2 Å². The number of H-pyrrole nitrogens is 1. The molecule has 9 heteroatoms. The maximum Gasteiger partial charge on any atom is 0.275 e. The van der Waals surface area contributed by atoms with E-state index in [2.05, 4.69) is 16.0 Å². The lowest BCUT2D eigenvalue weighted by atomic mass is 10.1. The highest BCUT2D eigenvalue weighted by Gasteiger charge is 2.23. The van der Waals surface area contributed by atoms with Crippen molar-refractivity contribution in [1.29, 1.82) is 5.26 Å². The molecule has 2 aliphatic rings. The molecule has 26 heavy (non-hydrogen) atoms. The van der Waals surface area contributed by atoms with E-state index in [4.69, 9.17) is 15.2 Å². The van der Waals surface area contributed by atoms with E-state index in [1.807, 2.05) is 9.80 Å². The fourth-order valence-corrected chi connectivity index (χ4v) is 3.42. The minimum absolute atomic E-state index is 0.276. The van der Waals surface area contributed by atoms with Crippen molar-refractivity contribution in [2.75, 3.05) is 68.1 Å². The van der Waals surface area contributed by atoms with Crippen LogP contribution in [0.3, 0.4) is 0 Å². The van der Waals surface area contributed by atoms with E-state index in [-0.39, 0.29) is 5.56 Å². The average Bonchev–Trinajstić information content (AvgIpc) is 2.68. The molecule has 3 N–H and O–H groups in total. The van der Waals surface area contributed by atoms with Crippen LogP contribution in [0.4, 0.5) is 17.2 Å². The average molecular weight is 356 g/mol. The molecule has 4 rings (SSSR count). The number of fused-ring (bicyclic) bond motifs is 1.